The van der Waals surface area contributed by atoms with Crippen LogP contribution in [0.2, 0.25) is 5.02 Å². The number of hydrogen-bond donors (Lipinski definition) is 2. The van der Waals surface area contributed by atoms with Crippen LogP contribution in [0.4, 0.5) is 5.95 Å². The van der Waals surface area contributed by atoms with Gasteiger partial charge in [-0.1, -0.05) is 11.6 Å². The third-order valence-corrected chi connectivity index (χ3v) is 2.91. The molecule has 0 fully saturated rings. The number of nitrogens with two attached hydrogens (primary N) is 1. The average Bonchev–Trinajstić information content (AvgIpc) is 2.39. The molecule has 2 rings (SSSR count). The number of aromatic nitrogens is 2. The van der Waals surface area contributed by atoms with Crippen LogP contribution in [0.1, 0.15) is 0 Å². The van der Waals surface area contributed by atoms with Gasteiger partial charge < -0.3 is 10.7 Å². The topological polar surface area (TPSA) is 54.7 Å². The van der Waals surface area contributed by atoms with Crippen molar-refractivity contribution >= 4 is 44.5 Å². The predicted molar refractivity (Wildman–Crippen MR) is 53.2 cm³/mol. The van der Waals surface area contributed by atoms with Crippen LogP contribution in [0.3, 0.4) is 0 Å². The molecule has 3 N–H and O–H groups in total. The van der Waals surface area contributed by atoms with Gasteiger partial charge in [0, 0.05) is 0 Å². The van der Waals surface area contributed by atoms with Crippen molar-refractivity contribution in [2.45, 2.75) is 0 Å². The van der Waals surface area contributed by atoms with Crippen molar-refractivity contribution in [2.24, 2.45) is 0 Å². The number of nitrogens with one attached hydrogen (secondary N) is 1. The van der Waals surface area contributed by atoms with Gasteiger partial charge in [0.25, 0.3) is 0 Å². The molecule has 1 aromatic carbocycles. The molecule has 1 heterocycles. The number of rotatable bonds is 0. The van der Waals surface area contributed by atoms with Gasteiger partial charge in [0.05, 0.1) is 15.0 Å². The number of aromatic amines is 1. The molecule has 0 atom stereocenters. The van der Waals surface area contributed by atoms with E-state index in [0.717, 1.165) is 15.5 Å². The van der Waals surface area contributed by atoms with Gasteiger partial charge >= 0.3 is 0 Å². The van der Waals surface area contributed by atoms with Crippen LogP contribution in [0, 0.1) is 0 Å². The normalized spacial score (nSPS) is 10.8. The third kappa shape index (κ3) is 1.07. The fraction of sp³-hybridized carbons (Fsp3) is 0. The number of H-pyrrole nitrogens is 1. The molecule has 0 aliphatic heterocycles. The minimum atomic E-state index is 0.396. The summed E-state index contributed by atoms with van der Waals surface area (Å²) in [6, 6.07) is 3.62. The van der Waals surface area contributed by atoms with Crippen molar-refractivity contribution in [3.63, 3.8) is 0 Å². The smallest absolute Gasteiger partial charge is 0.198 e. The Morgan fingerprint density at radius 3 is 3.00 bits per heavy atom. The van der Waals surface area contributed by atoms with Crippen LogP contribution >= 0.6 is 27.5 Å². The second-order valence-electron chi connectivity index (χ2n) is 2.38. The lowest BCUT2D eigenvalue weighted by Gasteiger charge is -1.94. The minimum absolute atomic E-state index is 0.396. The quantitative estimate of drug-likeness (QED) is 0.750. The van der Waals surface area contributed by atoms with E-state index >= 15 is 0 Å². The molecule has 3 nitrogen and oxygen atoms in total. The van der Waals surface area contributed by atoms with Gasteiger partial charge in [0.15, 0.2) is 5.95 Å². The van der Waals surface area contributed by atoms with Crippen LogP contribution < -0.4 is 5.73 Å². The Balaban J connectivity index is 2.89. The predicted octanol–water partition coefficient (Wildman–Crippen LogP) is 2.56. The Morgan fingerprint density at radius 2 is 2.25 bits per heavy atom. The van der Waals surface area contributed by atoms with Crippen LogP contribution in [0.25, 0.3) is 11.0 Å². The molecular formula is C7H5BrClN3. The number of halogens is 2. The lowest BCUT2D eigenvalue weighted by molar-refractivity contribution is 1.35. The molecule has 0 amide bonds. The minimum Gasteiger partial charge on any atom is -0.369 e. The molecule has 0 aliphatic rings. The molecule has 0 spiro atoms. The van der Waals surface area contributed by atoms with Crippen molar-refractivity contribution in [2.75, 3.05) is 5.73 Å². The molecule has 1 aromatic heterocycles. The molecule has 0 saturated heterocycles. The maximum absolute atomic E-state index is 5.86. The van der Waals surface area contributed by atoms with Gasteiger partial charge in [-0.2, -0.15) is 0 Å². The van der Waals surface area contributed by atoms with E-state index in [1.807, 2.05) is 6.07 Å². The summed E-state index contributed by atoms with van der Waals surface area (Å²) in [6.07, 6.45) is 0. The third-order valence-electron chi connectivity index (χ3n) is 1.56. The van der Waals surface area contributed by atoms with E-state index in [-0.39, 0.29) is 0 Å². The first-order valence-corrected chi connectivity index (χ1v) is 4.45. The molecule has 5 heteroatoms. The molecule has 0 radical (unpaired) electrons. The van der Waals surface area contributed by atoms with E-state index < -0.39 is 0 Å². The summed E-state index contributed by atoms with van der Waals surface area (Å²) < 4.78 is 0.773. The zero-order valence-electron chi connectivity index (χ0n) is 5.94. The summed E-state index contributed by atoms with van der Waals surface area (Å²) in [5.41, 5.74) is 7.12. The first-order chi connectivity index (χ1) is 5.68. The van der Waals surface area contributed by atoms with Gasteiger partial charge in [0.1, 0.15) is 5.52 Å². The second-order valence-corrected chi connectivity index (χ2v) is 3.58. The zero-order valence-corrected chi connectivity index (χ0v) is 8.28. The van der Waals surface area contributed by atoms with Gasteiger partial charge in [0.2, 0.25) is 0 Å². The Morgan fingerprint density at radius 1 is 1.50 bits per heavy atom. The van der Waals surface area contributed by atoms with Gasteiger partial charge in [-0.25, -0.2) is 4.98 Å². The fourth-order valence-electron chi connectivity index (χ4n) is 1.04. The Hall–Kier alpha value is -0.740. The highest BCUT2D eigenvalue weighted by Gasteiger charge is 2.06. The van der Waals surface area contributed by atoms with Crippen molar-refractivity contribution in [3.05, 3.63) is 21.6 Å². The maximum Gasteiger partial charge on any atom is 0.198 e. The van der Waals surface area contributed by atoms with E-state index in [1.165, 1.54) is 0 Å². The number of benzene rings is 1. The summed E-state index contributed by atoms with van der Waals surface area (Å²) in [5.74, 6) is 0.396. The fourth-order valence-corrected chi connectivity index (χ4v) is 1.62. The lowest BCUT2D eigenvalue weighted by atomic mass is 10.3. The Kier molecular flexibility index (Phi) is 1.73. The average molecular weight is 246 g/mol. The van der Waals surface area contributed by atoms with Crippen LogP contribution in [-0.2, 0) is 0 Å². The molecule has 12 heavy (non-hydrogen) atoms. The van der Waals surface area contributed by atoms with Gasteiger partial charge in [-0.3, -0.25) is 0 Å². The van der Waals surface area contributed by atoms with Crippen LogP contribution in [-0.4, -0.2) is 9.97 Å². The van der Waals surface area contributed by atoms with E-state index in [0.29, 0.717) is 11.0 Å². The number of imidazole rings is 1. The van der Waals surface area contributed by atoms with Crippen molar-refractivity contribution in [1.29, 1.82) is 0 Å². The summed E-state index contributed by atoms with van der Waals surface area (Å²) in [4.78, 5) is 6.97. The number of nitrogens with zero attached hydrogens (tertiary/aromatic N) is 1. The summed E-state index contributed by atoms with van der Waals surface area (Å²) in [6.45, 7) is 0. The van der Waals surface area contributed by atoms with E-state index in [4.69, 9.17) is 17.3 Å². The SMILES string of the molecule is Nc1nc2c(Br)c(Cl)ccc2[nH]1. The largest absolute Gasteiger partial charge is 0.369 e. The molecule has 2 aromatic rings. The first kappa shape index (κ1) is 7.89. The van der Waals surface area contributed by atoms with Crippen LogP contribution in [0.15, 0.2) is 16.6 Å². The van der Waals surface area contributed by atoms with Gasteiger partial charge in [-0.15, -0.1) is 0 Å². The molecule has 0 aliphatic carbocycles. The van der Waals surface area contributed by atoms with Gasteiger partial charge in [-0.05, 0) is 28.1 Å². The lowest BCUT2D eigenvalue weighted by Crippen LogP contribution is -1.84. The van der Waals surface area contributed by atoms with E-state index in [1.54, 1.807) is 6.07 Å². The zero-order chi connectivity index (χ0) is 8.72. The Labute approximate surface area is 82.1 Å². The van der Waals surface area contributed by atoms with Crippen LogP contribution in [0.5, 0.6) is 0 Å². The monoisotopic (exact) mass is 245 g/mol. The highest BCUT2D eigenvalue weighted by molar-refractivity contribution is 9.10. The Bertz CT molecular complexity index is 437. The highest BCUT2D eigenvalue weighted by Crippen LogP contribution is 2.29. The number of hydrogen-bond acceptors (Lipinski definition) is 2. The number of anilines is 1. The molecule has 0 unspecified atom stereocenters. The first-order valence-electron chi connectivity index (χ1n) is 3.27. The molecular weight excluding hydrogens is 241 g/mol. The summed E-state index contributed by atoms with van der Waals surface area (Å²) in [7, 11) is 0. The van der Waals surface area contributed by atoms with Crippen molar-refractivity contribution in [1.82, 2.24) is 9.97 Å². The summed E-state index contributed by atoms with van der Waals surface area (Å²) in [5, 5.41) is 0.633. The standard InChI is InChI=1S/C7H5BrClN3/c8-5-3(9)1-2-4-6(5)12-7(10)11-4/h1-2H,(H3,10,11,12). The molecule has 0 saturated carbocycles. The van der Waals surface area contributed by atoms with E-state index in [9.17, 15) is 0 Å². The van der Waals surface area contributed by atoms with Crippen molar-refractivity contribution in [3.8, 4) is 0 Å². The second kappa shape index (κ2) is 2.64. The molecule has 0 bridgehead atoms. The van der Waals surface area contributed by atoms with E-state index in [2.05, 4.69) is 25.9 Å². The molecule has 62 valence electrons. The number of fused-ring (bicyclic) bond motifs is 1. The maximum atomic E-state index is 5.86. The summed E-state index contributed by atoms with van der Waals surface area (Å²) >= 11 is 9.18. The number of nitrogen functional groups attached to an aromatic ring is 1. The highest BCUT2D eigenvalue weighted by atomic mass is 79.9. The van der Waals surface area contributed by atoms with Crippen molar-refractivity contribution < 1.29 is 0 Å².